The van der Waals surface area contributed by atoms with Crippen molar-refractivity contribution in [1.29, 1.82) is 0 Å². The normalized spacial score (nSPS) is 22.1. The molecule has 0 aliphatic carbocycles. The molecule has 0 aromatic carbocycles. The molecule has 0 saturated heterocycles. The number of hydrazone groups is 1. The van der Waals surface area contributed by atoms with Gasteiger partial charge in [-0.1, -0.05) is 13.8 Å². The van der Waals surface area contributed by atoms with Crippen LogP contribution in [0.2, 0.25) is 0 Å². The Morgan fingerprint density at radius 2 is 2.00 bits per heavy atom. The van der Waals surface area contributed by atoms with E-state index in [9.17, 15) is 23.1 Å². The Balaban J connectivity index is 2.39. The van der Waals surface area contributed by atoms with E-state index in [0.29, 0.717) is 0 Å². The van der Waals surface area contributed by atoms with E-state index < -0.39 is 24.2 Å². The molecule has 0 saturated carbocycles. The van der Waals surface area contributed by atoms with E-state index in [-0.39, 0.29) is 28.6 Å². The highest BCUT2D eigenvalue weighted by atomic mass is 19.4. The van der Waals surface area contributed by atoms with E-state index >= 15 is 0 Å². The zero-order chi connectivity index (χ0) is 16.5. The largest absolute Gasteiger partial charge is 0.438 e. The number of pyridine rings is 1. The molecule has 2 heterocycles. The topological polar surface area (TPSA) is 65.8 Å². The summed E-state index contributed by atoms with van der Waals surface area (Å²) < 4.78 is 39.8. The molecule has 0 radical (unpaired) electrons. The van der Waals surface area contributed by atoms with Crippen LogP contribution >= 0.6 is 0 Å². The second kappa shape index (κ2) is 5.68. The molecular formula is C14H16F3N3O2. The number of nitrogens with zero attached hydrogens (tertiary/aromatic N) is 3. The minimum absolute atomic E-state index is 0.0211. The Morgan fingerprint density at radius 1 is 1.41 bits per heavy atom. The van der Waals surface area contributed by atoms with E-state index in [1.54, 1.807) is 0 Å². The molecule has 5 nitrogen and oxygen atoms in total. The zero-order valence-corrected chi connectivity index (χ0v) is 12.1. The van der Waals surface area contributed by atoms with Crippen molar-refractivity contribution in [2.24, 2.45) is 11.0 Å². The van der Waals surface area contributed by atoms with Gasteiger partial charge in [-0.2, -0.15) is 23.3 Å². The van der Waals surface area contributed by atoms with Crippen LogP contribution in [0.5, 0.6) is 0 Å². The molecule has 1 N–H and O–H groups in total. The lowest BCUT2D eigenvalue weighted by Crippen LogP contribution is -2.56. The molecule has 0 unspecified atom stereocenters. The SMILES string of the molecule is CC(C)CC1=NN(C(=O)c2ccncc2)[C@@](O)(C(F)(F)F)C1. The number of carbonyl (C=O) groups excluding carboxylic acids is 1. The van der Waals surface area contributed by atoms with Gasteiger partial charge in [-0.05, 0) is 24.5 Å². The number of carbonyl (C=O) groups is 1. The van der Waals surface area contributed by atoms with Crippen LogP contribution in [0.1, 0.15) is 37.0 Å². The Hall–Kier alpha value is -1.96. The van der Waals surface area contributed by atoms with Gasteiger partial charge < -0.3 is 5.11 Å². The number of halogens is 3. The molecule has 1 aromatic rings. The lowest BCUT2D eigenvalue weighted by molar-refractivity contribution is -0.297. The molecule has 2 rings (SSSR count). The molecule has 8 heteroatoms. The van der Waals surface area contributed by atoms with Gasteiger partial charge in [-0.3, -0.25) is 9.78 Å². The highest BCUT2D eigenvalue weighted by Crippen LogP contribution is 2.41. The Labute approximate surface area is 125 Å². The fourth-order valence-corrected chi connectivity index (χ4v) is 2.25. The number of aliphatic hydroxyl groups is 1. The van der Waals surface area contributed by atoms with Crippen LogP contribution in [0.4, 0.5) is 13.2 Å². The van der Waals surface area contributed by atoms with Gasteiger partial charge in [-0.15, -0.1) is 0 Å². The van der Waals surface area contributed by atoms with Crippen molar-refractivity contribution in [3.8, 4) is 0 Å². The first kappa shape index (κ1) is 16.4. The number of hydrogen-bond acceptors (Lipinski definition) is 4. The van der Waals surface area contributed by atoms with Gasteiger partial charge in [-0.25, -0.2) is 0 Å². The van der Waals surface area contributed by atoms with Gasteiger partial charge >= 0.3 is 6.18 Å². The third-order valence-corrected chi connectivity index (χ3v) is 3.26. The molecular weight excluding hydrogens is 299 g/mol. The summed E-state index contributed by atoms with van der Waals surface area (Å²) in [6.45, 7) is 3.64. The predicted molar refractivity (Wildman–Crippen MR) is 72.9 cm³/mol. The van der Waals surface area contributed by atoms with Crippen LogP contribution in [-0.4, -0.2) is 38.6 Å². The fourth-order valence-electron chi connectivity index (χ4n) is 2.25. The van der Waals surface area contributed by atoms with Gasteiger partial charge in [0, 0.05) is 30.1 Å². The number of rotatable bonds is 3. The van der Waals surface area contributed by atoms with Gasteiger partial charge in [0.25, 0.3) is 11.6 Å². The minimum Gasteiger partial charge on any atom is -0.362 e. The van der Waals surface area contributed by atoms with Crippen molar-refractivity contribution in [2.45, 2.75) is 38.6 Å². The van der Waals surface area contributed by atoms with Gasteiger partial charge in [0.2, 0.25) is 0 Å². The summed E-state index contributed by atoms with van der Waals surface area (Å²) in [7, 11) is 0. The first-order valence-electron chi connectivity index (χ1n) is 6.75. The van der Waals surface area contributed by atoms with E-state index in [1.807, 2.05) is 13.8 Å². The molecule has 1 aliphatic rings. The van der Waals surface area contributed by atoms with Crippen LogP contribution in [-0.2, 0) is 0 Å². The maximum atomic E-state index is 13.3. The van der Waals surface area contributed by atoms with E-state index in [1.165, 1.54) is 24.5 Å². The number of amides is 1. The number of alkyl halides is 3. The Bertz CT molecular complexity index is 587. The van der Waals surface area contributed by atoms with E-state index in [0.717, 1.165) is 0 Å². The van der Waals surface area contributed by atoms with Crippen molar-refractivity contribution in [3.63, 3.8) is 0 Å². The van der Waals surface area contributed by atoms with Crippen LogP contribution in [0.15, 0.2) is 29.6 Å². The lowest BCUT2D eigenvalue weighted by atomic mass is 9.99. The van der Waals surface area contributed by atoms with Crippen LogP contribution in [0.3, 0.4) is 0 Å². The predicted octanol–water partition coefficient (Wildman–Crippen LogP) is 2.58. The quantitative estimate of drug-likeness (QED) is 0.932. The third kappa shape index (κ3) is 2.96. The molecule has 0 fully saturated rings. The first-order chi connectivity index (χ1) is 10.1. The molecule has 1 aromatic heterocycles. The van der Waals surface area contributed by atoms with Crippen molar-refractivity contribution in [3.05, 3.63) is 30.1 Å². The fraction of sp³-hybridized carbons (Fsp3) is 0.500. The molecule has 0 spiro atoms. The average Bonchev–Trinajstić information content (AvgIpc) is 2.76. The highest BCUT2D eigenvalue weighted by molar-refractivity contribution is 5.98. The van der Waals surface area contributed by atoms with E-state index in [2.05, 4.69) is 10.1 Å². The lowest BCUT2D eigenvalue weighted by Gasteiger charge is -2.32. The number of hydrogen-bond donors (Lipinski definition) is 1. The van der Waals surface area contributed by atoms with Gasteiger partial charge in [0.15, 0.2) is 0 Å². The maximum absolute atomic E-state index is 13.3. The zero-order valence-electron chi connectivity index (χ0n) is 12.1. The summed E-state index contributed by atoms with van der Waals surface area (Å²) in [5.41, 5.74) is -3.18. The summed E-state index contributed by atoms with van der Waals surface area (Å²) in [5.74, 6) is -0.951. The number of aromatic nitrogens is 1. The Kier molecular flexibility index (Phi) is 4.23. The smallest absolute Gasteiger partial charge is 0.362 e. The summed E-state index contributed by atoms with van der Waals surface area (Å²) in [5, 5.41) is 13.9. The van der Waals surface area contributed by atoms with Crippen LogP contribution in [0, 0.1) is 5.92 Å². The molecule has 120 valence electrons. The third-order valence-electron chi connectivity index (χ3n) is 3.26. The molecule has 1 aliphatic heterocycles. The monoisotopic (exact) mass is 315 g/mol. The van der Waals surface area contributed by atoms with Gasteiger partial charge in [0.1, 0.15) is 0 Å². The van der Waals surface area contributed by atoms with Crippen molar-refractivity contribution < 1.29 is 23.1 Å². The Morgan fingerprint density at radius 3 is 2.50 bits per heavy atom. The summed E-state index contributed by atoms with van der Waals surface area (Å²) >= 11 is 0. The standard InChI is InChI=1S/C14H16F3N3O2/c1-9(2)7-11-8-13(22,14(15,16)17)20(19-11)12(21)10-3-5-18-6-4-10/h3-6,9,22H,7-8H2,1-2H3/t13-/m0/s1. The van der Waals surface area contributed by atoms with Gasteiger partial charge in [0.05, 0.1) is 0 Å². The molecule has 1 atom stereocenters. The maximum Gasteiger partial charge on any atom is 0.438 e. The molecule has 0 bridgehead atoms. The van der Waals surface area contributed by atoms with Crippen LogP contribution in [0.25, 0.3) is 0 Å². The van der Waals surface area contributed by atoms with E-state index in [4.69, 9.17) is 0 Å². The van der Waals surface area contributed by atoms with Crippen molar-refractivity contribution in [2.75, 3.05) is 0 Å². The van der Waals surface area contributed by atoms with Crippen LogP contribution < -0.4 is 0 Å². The minimum atomic E-state index is -5.00. The average molecular weight is 315 g/mol. The molecule has 1 amide bonds. The second-order valence-corrected chi connectivity index (χ2v) is 5.61. The molecule has 22 heavy (non-hydrogen) atoms. The first-order valence-corrected chi connectivity index (χ1v) is 6.75. The summed E-state index contributed by atoms with van der Waals surface area (Å²) in [4.78, 5) is 16.0. The highest BCUT2D eigenvalue weighted by Gasteiger charge is 2.63. The van der Waals surface area contributed by atoms with Crippen molar-refractivity contribution in [1.82, 2.24) is 9.99 Å². The second-order valence-electron chi connectivity index (χ2n) is 5.61. The van der Waals surface area contributed by atoms with Crippen molar-refractivity contribution >= 4 is 11.6 Å². The summed E-state index contributed by atoms with van der Waals surface area (Å²) in [6, 6.07) is 2.55. The summed E-state index contributed by atoms with van der Waals surface area (Å²) in [6.07, 6.45) is -2.88.